The molecule has 1 saturated carbocycles. The van der Waals surface area contributed by atoms with E-state index in [1.54, 1.807) is 47.8 Å². The van der Waals surface area contributed by atoms with E-state index in [1.165, 1.54) is 41.4 Å². The molecule has 1 aliphatic carbocycles. The molecule has 2 fully saturated rings. The van der Waals surface area contributed by atoms with Gasteiger partial charge in [-0.1, -0.05) is 41.9 Å². The third-order valence-corrected chi connectivity index (χ3v) is 8.54. The number of thiophene rings is 1. The number of hydrogen-bond donors (Lipinski definition) is 1. The molecule has 2 aromatic carbocycles. The summed E-state index contributed by atoms with van der Waals surface area (Å²) >= 11 is 7.35. The van der Waals surface area contributed by atoms with Crippen molar-refractivity contribution in [2.75, 3.05) is 0 Å². The van der Waals surface area contributed by atoms with E-state index in [9.17, 15) is 29.6 Å². The van der Waals surface area contributed by atoms with Crippen molar-refractivity contribution in [2.24, 2.45) is 11.8 Å². The molecule has 5 rings (SSSR count). The molecular weight excluding hydrogens is 516 g/mol. The molecule has 1 amide bonds. The molecular formula is C27H23ClN2O6S. The number of amides is 1. The number of nitrogens with zero attached hydrogens (tertiary/aromatic N) is 2. The SMILES string of the molecule is CC1(C(=O)O)C(c2ccc(Cl)cc2)C(C(=O)c2cccs2)C(c2cccc([N+](=O)[O-])c2)N1C(=O)C1CC1. The topological polar surface area (TPSA) is 118 Å². The van der Waals surface area contributed by atoms with Crippen molar-refractivity contribution < 1.29 is 24.4 Å². The molecule has 1 aliphatic heterocycles. The van der Waals surface area contributed by atoms with Crippen LogP contribution in [0.4, 0.5) is 5.69 Å². The lowest BCUT2D eigenvalue weighted by atomic mass is 9.72. The quantitative estimate of drug-likeness (QED) is 0.233. The van der Waals surface area contributed by atoms with Gasteiger partial charge in [-0.2, -0.15) is 0 Å². The van der Waals surface area contributed by atoms with Gasteiger partial charge in [-0.25, -0.2) is 4.79 Å². The predicted octanol–water partition coefficient (Wildman–Crippen LogP) is 5.73. The van der Waals surface area contributed by atoms with Crippen molar-refractivity contribution in [3.05, 3.63) is 97.2 Å². The fourth-order valence-electron chi connectivity index (χ4n) is 5.52. The summed E-state index contributed by atoms with van der Waals surface area (Å²) in [4.78, 5) is 53.9. The molecule has 1 N–H and O–H groups in total. The Hall–Kier alpha value is -3.56. The van der Waals surface area contributed by atoms with Gasteiger partial charge in [0.05, 0.1) is 21.8 Å². The van der Waals surface area contributed by atoms with Crippen LogP contribution in [0.25, 0.3) is 0 Å². The Labute approximate surface area is 221 Å². The second kappa shape index (κ2) is 9.39. The molecule has 3 aromatic rings. The van der Waals surface area contributed by atoms with E-state index in [0.29, 0.717) is 33.9 Å². The second-order valence-corrected chi connectivity index (χ2v) is 11.0. The molecule has 0 radical (unpaired) electrons. The van der Waals surface area contributed by atoms with Crippen molar-refractivity contribution in [2.45, 2.75) is 37.3 Å². The van der Waals surface area contributed by atoms with E-state index in [2.05, 4.69) is 0 Å². The van der Waals surface area contributed by atoms with Gasteiger partial charge in [0.1, 0.15) is 5.54 Å². The number of carbonyl (C=O) groups excluding carboxylic acids is 2. The molecule has 8 nitrogen and oxygen atoms in total. The van der Waals surface area contributed by atoms with Crippen LogP contribution in [0.2, 0.25) is 5.02 Å². The highest BCUT2D eigenvalue weighted by atomic mass is 35.5. The molecule has 4 atom stereocenters. The minimum absolute atomic E-state index is 0.203. The fourth-order valence-corrected chi connectivity index (χ4v) is 6.36. The number of non-ortho nitro benzene ring substituents is 1. The van der Waals surface area contributed by atoms with Gasteiger partial charge in [0.25, 0.3) is 5.69 Å². The first-order valence-electron chi connectivity index (χ1n) is 11.8. The minimum Gasteiger partial charge on any atom is -0.479 e. The second-order valence-electron chi connectivity index (χ2n) is 9.63. The normalized spacial score (nSPS) is 25.1. The van der Waals surface area contributed by atoms with Gasteiger partial charge in [0, 0.05) is 29.0 Å². The van der Waals surface area contributed by atoms with Gasteiger partial charge in [-0.3, -0.25) is 19.7 Å². The Bertz CT molecular complexity index is 1390. The molecule has 0 spiro atoms. The van der Waals surface area contributed by atoms with Crippen molar-refractivity contribution >= 4 is 46.3 Å². The number of carboxylic acids is 1. The molecule has 10 heteroatoms. The average molecular weight is 539 g/mol. The van der Waals surface area contributed by atoms with Gasteiger partial charge < -0.3 is 10.0 Å². The number of benzene rings is 2. The molecule has 0 bridgehead atoms. The first-order valence-corrected chi connectivity index (χ1v) is 13.0. The van der Waals surface area contributed by atoms with Crippen molar-refractivity contribution in [1.29, 1.82) is 0 Å². The zero-order valence-electron chi connectivity index (χ0n) is 19.7. The molecule has 190 valence electrons. The Morgan fingerprint density at radius 3 is 2.35 bits per heavy atom. The summed E-state index contributed by atoms with van der Waals surface area (Å²) in [6, 6.07) is 14.8. The summed E-state index contributed by atoms with van der Waals surface area (Å²) in [5.74, 6) is -4.22. The van der Waals surface area contributed by atoms with E-state index < -0.39 is 34.3 Å². The number of hydrogen-bond acceptors (Lipinski definition) is 6. The summed E-state index contributed by atoms with van der Waals surface area (Å²) in [6.45, 7) is 1.47. The number of likely N-dealkylation sites (tertiary alicyclic amines) is 1. The monoisotopic (exact) mass is 538 g/mol. The average Bonchev–Trinajstić information content (AvgIpc) is 3.50. The maximum atomic E-state index is 14.1. The van der Waals surface area contributed by atoms with Crippen LogP contribution >= 0.6 is 22.9 Å². The highest BCUT2D eigenvalue weighted by molar-refractivity contribution is 7.12. The first kappa shape index (κ1) is 25.1. The molecule has 2 aliphatic rings. The van der Waals surface area contributed by atoms with E-state index in [1.807, 2.05) is 0 Å². The summed E-state index contributed by atoms with van der Waals surface area (Å²) in [7, 11) is 0. The van der Waals surface area contributed by atoms with E-state index >= 15 is 0 Å². The fraction of sp³-hybridized carbons (Fsp3) is 0.296. The summed E-state index contributed by atoms with van der Waals surface area (Å²) < 4.78 is 0. The van der Waals surface area contributed by atoms with Crippen LogP contribution in [0.5, 0.6) is 0 Å². The van der Waals surface area contributed by atoms with Gasteiger partial charge in [-0.05, 0) is 54.5 Å². The largest absolute Gasteiger partial charge is 0.479 e. The predicted molar refractivity (Wildman–Crippen MR) is 138 cm³/mol. The summed E-state index contributed by atoms with van der Waals surface area (Å²) in [6.07, 6.45) is 1.25. The zero-order valence-corrected chi connectivity index (χ0v) is 21.3. The lowest BCUT2D eigenvalue weighted by Gasteiger charge is -2.38. The van der Waals surface area contributed by atoms with Crippen molar-refractivity contribution in [3.8, 4) is 0 Å². The Kier molecular flexibility index (Phi) is 6.37. The van der Waals surface area contributed by atoms with Gasteiger partial charge in [-0.15, -0.1) is 11.3 Å². The van der Waals surface area contributed by atoms with Crippen molar-refractivity contribution in [1.82, 2.24) is 4.90 Å². The summed E-state index contributed by atoms with van der Waals surface area (Å²) in [5.41, 5.74) is -1.11. The van der Waals surface area contributed by atoms with E-state index in [0.717, 1.165) is 0 Å². The van der Waals surface area contributed by atoms with Gasteiger partial charge in [0.15, 0.2) is 5.78 Å². The lowest BCUT2D eigenvalue weighted by molar-refractivity contribution is -0.385. The number of nitro groups is 1. The number of rotatable bonds is 7. The standard InChI is InChI=1S/C27H23ClN2O6S/c1-27(26(33)34)22(15-9-11-18(28)12-10-15)21(24(31)20-6-3-13-37-20)23(29(27)25(32)16-7-8-16)17-4-2-5-19(14-17)30(35)36/h2-6,9-14,16,21-23H,7-8H2,1H3,(H,33,34). The van der Waals surface area contributed by atoms with Crippen LogP contribution in [-0.4, -0.2) is 38.1 Å². The highest BCUT2D eigenvalue weighted by Crippen LogP contribution is 2.58. The number of carboxylic acid groups (broad SMARTS) is 1. The molecule has 1 saturated heterocycles. The Morgan fingerprint density at radius 1 is 1.08 bits per heavy atom. The molecule has 2 heterocycles. The number of nitro benzene ring substituents is 1. The maximum absolute atomic E-state index is 14.1. The van der Waals surface area contributed by atoms with E-state index in [-0.39, 0.29) is 23.3 Å². The van der Waals surface area contributed by atoms with Crippen molar-refractivity contribution in [3.63, 3.8) is 0 Å². The smallest absolute Gasteiger partial charge is 0.330 e. The number of halogens is 1. The van der Waals surface area contributed by atoms with Crippen LogP contribution in [0.1, 0.15) is 52.5 Å². The zero-order chi connectivity index (χ0) is 26.5. The Balaban J connectivity index is 1.80. The first-order chi connectivity index (χ1) is 17.6. The molecule has 4 unspecified atom stereocenters. The molecule has 37 heavy (non-hydrogen) atoms. The van der Waals surface area contributed by atoms with Crippen LogP contribution in [-0.2, 0) is 9.59 Å². The van der Waals surface area contributed by atoms with Crippen LogP contribution < -0.4 is 0 Å². The van der Waals surface area contributed by atoms with E-state index in [4.69, 9.17) is 11.6 Å². The number of aliphatic carboxylic acids is 1. The minimum atomic E-state index is -1.81. The number of ketones is 1. The lowest BCUT2D eigenvalue weighted by Crippen LogP contribution is -2.54. The number of Topliss-reactive ketones (excluding diaryl/α,β-unsaturated/α-hetero) is 1. The Morgan fingerprint density at radius 2 is 1.78 bits per heavy atom. The third-order valence-electron chi connectivity index (χ3n) is 7.40. The molecule has 1 aromatic heterocycles. The summed E-state index contributed by atoms with van der Waals surface area (Å²) in [5, 5.41) is 24.5. The third kappa shape index (κ3) is 4.22. The van der Waals surface area contributed by atoms with Gasteiger partial charge in [0.2, 0.25) is 5.91 Å². The van der Waals surface area contributed by atoms with Crippen LogP contribution in [0, 0.1) is 22.0 Å². The maximum Gasteiger partial charge on any atom is 0.330 e. The van der Waals surface area contributed by atoms with Crippen LogP contribution in [0.15, 0.2) is 66.0 Å². The van der Waals surface area contributed by atoms with Gasteiger partial charge >= 0.3 is 5.97 Å². The number of carbonyl (C=O) groups is 3. The highest BCUT2D eigenvalue weighted by Gasteiger charge is 2.66. The van der Waals surface area contributed by atoms with Crippen LogP contribution in [0.3, 0.4) is 0 Å².